The van der Waals surface area contributed by atoms with Gasteiger partial charge in [-0.1, -0.05) is 36.2 Å². The van der Waals surface area contributed by atoms with Crippen LogP contribution in [-0.4, -0.2) is 25.0 Å². The Morgan fingerprint density at radius 1 is 1.38 bits per heavy atom. The number of piperidine rings is 1. The van der Waals surface area contributed by atoms with E-state index < -0.39 is 0 Å². The lowest BCUT2D eigenvalue weighted by atomic mass is 9.85. The van der Waals surface area contributed by atoms with Crippen LogP contribution < -0.4 is 10.6 Å². The zero-order chi connectivity index (χ0) is 16.8. The van der Waals surface area contributed by atoms with Crippen molar-refractivity contribution in [1.29, 1.82) is 0 Å². The van der Waals surface area contributed by atoms with E-state index in [1.165, 1.54) is 12.8 Å². The Morgan fingerprint density at radius 2 is 2.12 bits per heavy atom. The maximum atomic E-state index is 12.3. The summed E-state index contributed by atoms with van der Waals surface area (Å²) in [6.45, 7) is 6.33. The van der Waals surface area contributed by atoms with Crippen LogP contribution in [-0.2, 0) is 11.2 Å². The summed E-state index contributed by atoms with van der Waals surface area (Å²) in [5, 5.41) is 7.79. The Labute approximate surface area is 161 Å². The van der Waals surface area contributed by atoms with E-state index in [0.717, 1.165) is 18.7 Å². The number of hydrogen-bond acceptors (Lipinski definition) is 2. The van der Waals surface area contributed by atoms with Crippen molar-refractivity contribution in [1.82, 2.24) is 10.6 Å². The molecule has 2 rings (SSSR count). The van der Waals surface area contributed by atoms with Gasteiger partial charge in [0, 0.05) is 22.5 Å². The fourth-order valence-electron chi connectivity index (χ4n) is 3.23. The number of halogens is 3. The van der Waals surface area contributed by atoms with Crippen molar-refractivity contribution in [3.8, 4) is 0 Å². The van der Waals surface area contributed by atoms with Gasteiger partial charge in [-0.3, -0.25) is 4.79 Å². The molecule has 1 saturated heterocycles. The van der Waals surface area contributed by atoms with E-state index in [2.05, 4.69) is 17.6 Å². The molecule has 3 nitrogen and oxygen atoms in total. The topological polar surface area (TPSA) is 41.1 Å². The summed E-state index contributed by atoms with van der Waals surface area (Å²) in [5.74, 6) is 1.14. The van der Waals surface area contributed by atoms with Gasteiger partial charge >= 0.3 is 0 Å². The molecule has 136 valence electrons. The minimum absolute atomic E-state index is 0. The van der Waals surface area contributed by atoms with Crippen molar-refractivity contribution >= 4 is 41.5 Å². The van der Waals surface area contributed by atoms with E-state index in [4.69, 9.17) is 23.2 Å². The molecule has 0 aromatic heterocycles. The summed E-state index contributed by atoms with van der Waals surface area (Å²) >= 11 is 12.1. The van der Waals surface area contributed by atoms with Crippen LogP contribution in [0.4, 0.5) is 0 Å². The molecule has 1 aliphatic rings. The van der Waals surface area contributed by atoms with Crippen molar-refractivity contribution < 1.29 is 4.79 Å². The highest BCUT2D eigenvalue weighted by Gasteiger charge is 2.22. The lowest BCUT2D eigenvalue weighted by Gasteiger charge is -2.28. The van der Waals surface area contributed by atoms with Crippen molar-refractivity contribution in [3.05, 3.63) is 33.8 Å². The maximum Gasteiger partial charge on any atom is 0.220 e. The Bertz CT molecular complexity index is 533. The number of hydrogen-bond donors (Lipinski definition) is 2. The standard InChI is InChI=1S/C18H26Cl2N2O.ClH/c1-12(15-4-3-7-21-11-15)8-18(23)22-13(2)9-14-5-6-16(19)10-17(14)20;/h5-6,10,12-13,15,21H,3-4,7-9,11H2,1-2H3,(H,22,23);1H. The minimum atomic E-state index is 0. The van der Waals surface area contributed by atoms with Gasteiger partial charge in [-0.2, -0.15) is 0 Å². The van der Waals surface area contributed by atoms with E-state index in [1.807, 2.05) is 19.1 Å². The van der Waals surface area contributed by atoms with Gasteiger partial charge in [0.25, 0.3) is 0 Å². The molecule has 1 aromatic rings. The molecule has 0 bridgehead atoms. The number of amides is 1. The van der Waals surface area contributed by atoms with Gasteiger partial charge in [-0.05, 0) is 68.8 Å². The number of rotatable bonds is 6. The highest BCUT2D eigenvalue weighted by molar-refractivity contribution is 6.35. The first kappa shape index (κ1) is 21.6. The molecule has 0 spiro atoms. The molecule has 1 aliphatic heterocycles. The van der Waals surface area contributed by atoms with E-state index in [0.29, 0.717) is 34.7 Å². The smallest absolute Gasteiger partial charge is 0.220 e. The minimum Gasteiger partial charge on any atom is -0.353 e. The predicted molar refractivity (Wildman–Crippen MR) is 104 cm³/mol. The van der Waals surface area contributed by atoms with Gasteiger partial charge in [-0.25, -0.2) is 0 Å². The Morgan fingerprint density at radius 3 is 2.75 bits per heavy atom. The molecule has 0 radical (unpaired) electrons. The third-order valence-electron chi connectivity index (χ3n) is 4.60. The second-order valence-electron chi connectivity index (χ2n) is 6.70. The fraction of sp³-hybridized carbons (Fsp3) is 0.611. The van der Waals surface area contributed by atoms with Gasteiger partial charge in [-0.15, -0.1) is 12.4 Å². The second kappa shape index (κ2) is 10.5. The van der Waals surface area contributed by atoms with Gasteiger partial charge in [0.15, 0.2) is 0 Å². The van der Waals surface area contributed by atoms with E-state index in [9.17, 15) is 4.79 Å². The van der Waals surface area contributed by atoms with Gasteiger partial charge in [0.1, 0.15) is 0 Å². The first-order chi connectivity index (χ1) is 11.0. The molecule has 2 N–H and O–H groups in total. The van der Waals surface area contributed by atoms with Gasteiger partial charge in [0.2, 0.25) is 5.91 Å². The summed E-state index contributed by atoms with van der Waals surface area (Å²) in [7, 11) is 0. The third-order valence-corrected chi connectivity index (χ3v) is 5.18. The van der Waals surface area contributed by atoms with E-state index in [1.54, 1.807) is 6.07 Å². The Kier molecular flexibility index (Phi) is 9.43. The summed E-state index contributed by atoms with van der Waals surface area (Å²) in [6.07, 6.45) is 3.73. The zero-order valence-electron chi connectivity index (χ0n) is 14.3. The molecule has 1 amide bonds. The van der Waals surface area contributed by atoms with Gasteiger partial charge in [0.05, 0.1) is 0 Å². The largest absolute Gasteiger partial charge is 0.353 e. The van der Waals surface area contributed by atoms with Crippen LogP contribution >= 0.6 is 35.6 Å². The van der Waals surface area contributed by atoms with Crippen LogP contribution in [0.2, 0.25) is 10.0 Å². The second-order valence-corrected chi connectivity index (χ2v) is 7.54. The number of carbonyl (C=O) groups excluding carboxylic acids is 1. The fourth-order valence-corrected chi connectivity index (χ4v) is 3.71. The maximum absolute atomic E-state index is 12.3. The molecule has 1 fully saturated rings. The first-order valence-electron chi connectivity index (χ1n) is 8.39. The molecule has 1 heterocycles. The average Bonchev–Trinajstić information content (AvgIpc) is 2.50. The molecular formula is C18H27Cl3N2O. The predicted octanol–water partition coefficient (Wildman–Crippen LogP) is 4.49. The molecule has 6 heteroatoms. The monoisotopic (exact) mass is 392 g/mol. The van der Waals surface area contributed by atoms with Crippen LogP contribution in [0.15, 0.2) is 18.2 Å². The summed E-state index contributed by atoms with van der Waals surface area (Å²) in [4.78, 5) is 12.3. The van der Waals surface area contributed by atoms with Crippen molar-refractivity contribution in [2.75, 3.05) is 13.1 Å². The average molecular weight is 394 g/mol. The van der Waals surface area contributed by atoms with Gasteiger partial charge < -0.3 is 10.6 Å². The third kappa shape index (κ3) is 6.79. The Hall–Kier alpha value is -0.480. The number of nitrogens with one attached hydrogen (secondary N) is 2. The SMILES string of the molecule is CC(Cc1ccc(Cl)cc1Cl)NC(=O)CC(C)C1CCCNC1.Cl. The zero-order valence-corrected chi connectivity index (χ0v) is 16.6. The van der Waals surface area contributed by atoms with Crippen molar-refractivity contribution in [2.45, 2.75) is 45.6 Å². The van der Waals surface area contributed by atoms with Crippen molar-refractivity contribution in [3.63, 3.8) is 0 Å². The van der Waals surface area contributed by atoms with Crippen LogP contribution in [0.3, 0.4) is 0 Å². The van der Waals surface area contributed by atoms with Crippen LogP contribution in [0.1, 0.15) is 38.7 Å². The lowest BCUT2D eigenvalue weighted by molar-refractivity contribution is -0.122. The van der Waals surface area contributed by atoms with Crippen LogP contribution in [0.25, 0.3) is 0 Å². The van der Waals surface area contributed by atoms with Crippen LogP contribution in [0, 0.1) is 11.8 Å². The molecule has 0 saturated carbocycles. The Balaban J connectivity index is 0.00000288. The molecular weight excluding hydrogens is 367 g/mol. The number of benzene rings is 1. The normalized spacial score (nSPS) is 19.9. The summed E-state index contributed by atoms with van der Waals surface area (Å²) in [5.41, 5.74) is 1.01. The summed E-state index contributed by atoms with van der Waals surface area (Å²) < 4.78 is 0. The highest BCUT2D eigenvalue weighted by atomic mass is 35.5. The van der Waals surface area contributed by atoms with Crippen LogP contribution in [0.5, 0.6) is 0 Å². The number of carbonyl (C=O) groups is 1. The van der Waals surface area contributed by atoms with E-state index >= 15 is 0 Å². The highest BCUT2D eigenvalue weighted by Crippen LogP contribution is 2.23. The van der Waals surface area contributed by atoms with E-state index in [-0.39, 0.29) is 24.4 Å². The summed E-state index contributed by atoms with van der Waals surface area (Å²) in [6, 6.07) is 5.54. The lowest BCUT2D eigenvalue weighted by Crippen LogP contribution is -2.38. The molecule has 3 unspecified atom stereocenters. The quantitative estimate of drug-likeness (QED) is 0.747. The van der Waals surface area contributed by atoms with Crippen molar-refractivity contribution in [2.24, 2.45) is 11.8 Å². The molecule has 24 heavy (non-hydrogen) atoms. The molecule has 0 aliphatic carbocycles. The molecule has 1 aromatic carbocycles. The first-order valence-corrected chi connectivity index (χ1v) is 9.15. The molecule has 3 atom stereocenters.